The molecule has 3 N–H and O–H groups in total. The zero-order valence-corrected chi connectivity index (χ0v) is 11.2. The minimum absolute atomic E-state index is 0.459. The fourth-order valence-corrected chi connectivity index (χ4v) is 2.59. The number of hydrogen-bond donors (Lipinski definition) is 2. The maximum Gasteiger partial charge on any atom is 0.318 e. The van der Waals surface area contributed by atoms with E-state index in [0.717, 1.165) is 11.8 Å². The molecule has 0 unspecified atom stereocenters. The Morgan fingerprint density at radius 2 is 1.88 bits per heavy atom. The third-order valence-electron chi connectivity index (χ3n) is 1.83. The number of nitrogens with two attached hydrogens (primary N) is 1. The number of rotatable bonds is 3. The quantitative estimate of drug-likeness (QED) is 0.842. The first-order chi connectivity index (χ1) is 7.91. The number of urea groups is 1. The number of primary amides is 1. The Balaban J connectivity index is 2.77. The average Bonchev–Trinajstić information content (AvgIpc) is 2.22. The molecule has 4 nitrogen and oxygen atoms in total. The Labute approximate surface area is 113 Å². The average molecular weight is 293 g/mol. The highest BCUT2D eigenvalue weighted by atomic mass is 35.5. The summed E-state index contributed by atoms with van der Waals surface area (Å²) in [6, 6.07) is 4.18. The van der Waals surface area contributed by atoms with Crippen LogP contribution in [0.25, 0.3) is 0 Å². The number of hydrogen-bond acceptors (Lipinski definition) is 3. The fourth-order valence-electron chi connectivity index (χ4n) is 1.05. The van der Waals surface area contributed by atoms with E-state index in [1.807, 2.05) is 5.32 Å². The van der Waals surface area contributed by atoms with E-state index in [1.54, 1.807) is 25.1 Å². The number of carbonyl (C=O) groups is 2. The summed E-state index contributed by atoms with van der Waals surface area (Å²) < 4.78 is 0. The zero-order valence-electron chi connectivity index (χ0n) is 8.87. The van der Waals surface area contributed by atoms with Gasteiger partial charge in [0.2, 0.25) is 5.91 Å². The minimum Gasteiger partial charge on any atom is -0.351 e. The van der Waals surface area contributed by atoms with E-state index in [9.17, 15) is 9.59 Å². The predicted molar refractivity (Wildman–Crippen MR) is 69.5 cm³/mol. The van der Waals surface area contributed by atoms with Crippen LogP contribution in [0.3, 0.4) is 0 Å². The molecule has 17 heavy (non-hydrogen) atoms. The van der Waals surface area contributed by atoms with Crippen molar-refractivity contribution in [3.63, 3.8) is 0 Å². The second-order valence-electron chi connectivity index (χ2n) is 3.16. The van der Waals surface area contributed by atoms with Crippen molar-refractivity contribution in [3.8, 4) is 0 Å². The van der Waals surface area contributed by atoms with Crippen molar-refractivity contribution in [2.24, 2.45) is 5.73 Å². The van der Waals surface area contributed by atoms with Crippen molar-refractivity contribution < 1.29 is 9.59 Å². The van der Waals surface area contributed by atoms with E-state index in [2.05, 4.69) is 0 Å². The number of imide groups is 1. The van der Waals surface area contributed by atoms with E-state index in [1.165, 1.54) is 0 Å². The highest BCUT2D eigenvalue weighted by Gasteiger charge is 2.18. The number of nitrogens with one attached hydrogen (secondary N) is 1. The topological polar surface area (TPSA) is 72.2 Å². The van der Waals surface area contributed by atoms with E-state index >= 15 is 0 Å². The van der Waals surface area contributed by atoms with Crippen LogP contribution in [-0.2, 0) is 4.79 Å². The highest BCUT2D eigenvalue weighted by molar-refractivity contribution is 8.00. The number of benzene rings is 1. The molecule has 0 fully saturated rings. The van der Waals surface area contributed by atoms with Gasteiger partial charge in [0.25, 0.3) is 0 Å². The van der Waals surface area contributed by atoms with Crippen LogP contribution < -0.4 is 11.1 Å². The molecule has 3 amide bonds. The van der Waals surface area contributed by atoms with Gasteiger partial charge in [0.15, 0.2) is 0 Å². The lowest BCUT2D eigenvalue weighted by atomic mass is 10.4. The van der Waals surface area contributed by atoms with Crippen molar-refractivity contribution in [2.45, 2.75) is 17.1 Å². The Hall–Kier alpha value is -0.910. The van der Waals surface area contributed by atoms with Gasteiger partial charge in [-0.15, -0.1) is 11.8 Å². The molecule has 0 aliphatic rings. The van der Waals surface area contributed by atoms with Gasteiger partial charge >= 0.3 is 6.03 Å². The molecule has 0 bridgehead atoms. The summed E-state index contributed by atoms with van der Waals surface area (Å²) in [4.78, 5) is 22.6. The monoisotopic (exact) mass is 292 g/mol. The number of carbonyl (C=O) groups excluding carboxylic acids is 2. The summed E-state index contributed by atoms with van der Waals surface area (Å²) in [7, 11) is 0. The highest BCUT2D eigenvalue weighted by Crippen LogP contribution is 2.36. The van der Waals surface area contributed by atoms with Gasteiger partial charge in [0.1, 0.15) is 0 Å². The smallest absolute Gasteiger partial charge is 0.318 e. The third kappa shape index (κ3) is 4.11. The molecule has 0 heterocycles. The van der Waals surface area contributed by atoms with Gasteiger partial charge in [-0.3, -0.25) is 10.1 Å². The Morgan fingerprint density at radius 1 is 1.35 bits per heavy atom. The lowest BCUT2D eigenvalue weighted by Gasteiger charge is -2.12. The first kappa shape index (κ1) is 14.2. The summed E-state index contributed by atoms with van der Waals surface area (Å²) >= 11 is 13.1. The van der Waals surface area contributed by atoms with Crippen LogP contribution in [-0.4, -0.2) is 17.2 Å². The number of halogens is 2. The third-order valence-corrected chi connectivity index (χ3v) is 3.93. The molecule has 92 valence electrons. The molecule has 0 aliphatic carbocycles. The predicted octanol–water partition coefficient (Wildman–Crippen LogP) is 2.67. The minimum atomic E-state index is -0.882. The molecule has 7 heteroatoms. The summed E-state index contributed by atoms with van der Waals surface area (Å²) in [5, 5.41) is 2.39. The van der Waals surface area contributed by atoms with E-state index in [4.69, 9.17) is 28.9 Å². The maximum absolute atomic E-state index is 11.5. The van der Waals surface area contributed by atoms with E-state index < -0.39 is 17.2 Å². The van der Waals surface area contributed by atoms with Gasteiger partial charge < -0.3 is 5.73 Å². The van der Waals surface area contributed by atoms with Gasteiger partial charge in [0.05, 0.1) is 15.3 Å². The van der Waals surface area contributed by atoms with E-state index in [0.29, 0.717) is 14.9 Å². The Bertz CT molecular complexity index is 434. The number of thioether (sulfide) groups is 1. The van der Waals surface area contributed by atoms with Gasteiger partial charge in [-0.25, -0.2) is 4.79 Å². The van der Waals surface area contributed by atoms with Crippen molar-refractivity contribution in [1.82, 2.24) is 5.32 Å². The summed E-state index contributed by atoms with van der Waals surface area (Å²) in [6.45, 7) is 1.63. The molecule has 0 aliphatic heterocycles. The summed E-state index contributed by atoms with van der Waals surface area (Å²) in [5.74, 6) is -0.488. The molecule has 1 aromatic carbocycles. The number of amides is 3. The maximum atomic E-state index is 11.5. The first-order valence-electron chi connectivity index (χ1n) is 4.62. The summed E-state index contributed by atoms with van der Waals surface area (Å²) in [6.07, 6.45) is 0. The van der Waals surface area contributed by atoms with Crippen LogP contribution in [0.4, 0.5) is 4.79 Å². The van der Waals surface area contributed by atoms with Crippen LogP contribution in [0.15, 0.2) is 23.1 Å². The van der Waals surface area contributed by atoms with Crippen molar-refractivity contribution in [3.05, 3.63) is 28.2 Å². The fraction of sp³-hybridized carbons (Fsp3) is 0.200. The molecule has 1 rings (SSSR count). The molecule has 0 saturated carbocycles. The molecule has 0 saturated heterocycles. The summed E-state index contributed by atoms with van der Waals surface area (Å²) in [5.41, 5.74) is 4.85. The van der Waals surface area contributed by atoms with Crippen LogP contribution in [0.1, 0.15) is 6.92 Å². The van der Waals surface area contributed by atoms with Gasteiger partial charge in [0, 0.05) is 4.90 Å². The van der Waals surface area contributed by atoms with Crippen molar-refractivity contribution in [1.29, 1.82) is 0 Å². The molecular weight excluding hydrogens is 283 g/mol. The van der Waals surface area contributed by atoms with Gasteiger partial charge in [-0.05, 0) is 19.1 Å². The van der Waals surface area contributed by atoms with Gasteiger partial charge in [-0.1, -0.05) is 29.3 Å². The molecule has 0 radical (unpaired) electrons. The van der Waals surface area contributed by atoms with Crippen molar-refractivity contribution >= 4 is 46.9 Å². The van der Waals surface area contributed by atoms with E-state index in [-0.39, 0.29) is 0 Å². The van der Waals surface area contributed by atoms with Crippen LogP contribution in [0.2, 0.25) is 10.0 Å². The second kappa shape index (κ2) is 6.14. The lowest BCUT2D eigenvalue weighted by molar-refractivity contribution is -0.119. The molecule has 1 atom stereocenters. The molecule has 1 aromatic rings. The zero-order chi connectivity index (χ0) is 13.0. The molecule has 0 spiro atoms. The largest absolute Gasteiger partial charge is 0.351 e. The molecular formula is C10H10Cl2N2O2S. The van der Waals surface area contributed by atoms with Crippen LogP contribution >= 0.6 is 35.0 Å². The van der Waals surface area contributed by atoms with Crippen molar-refractivity contribution in [2.75, 3.05) is 0 Å². The van der Waals surface area contributed by atoms with Gasteiger partial charge in [-0.2, -0.15) is 0 Å². The molecule has 0 aromatic heterocycles. The van der Waals surface area contributed by atoms with Crippen LogP contribution in [0.5, 0.6) is 0 Å². The van der Waals surface area contributed by atoms with Crippen LogP contribution in [0, 0.1) is 0 Å². The SMILES string of the molecule is C[C@@H](Sc1c(Cl)cccc1Cl)C(=O)NC(N)=O. The second-order valence-corrected chi connectivity index (χ2v) is 5.33. The first-order valence-corrected chi connectivity index (χ1v) is 6.26. The Morgan fingerprint density at radius 3 is 2.35 bits per heavy atom. The Kier molecular flexibility index (Phi) is 5.11. The normalized spacial score (nSPS) is 11.9. The lowest BCUT2D eigenvalue weighted by Crippen LogP contribution is -2.39. The standard InChI is InChI=1S/C10H10Cl2N2O2S/c1-5(9(15)14-10(13)16)17-8-6(11)3-2-4-7(8)12/h2-5H,1H3,(H3,13,14,15,16)/t5-/m1/s1.